The molecule has 0 saturated carbocycles. The second-order valence-electron chi connectivity index (χ2n) is 7.55. The van der Waals surface area contributed by atoms with Gasteiger partial charge in [-0.15, -0.1) is 10.2 Å². The van der Waals surface area contributed by atoms with E-state index in [0.29, 0.717) is 17.3 Å². The molecular weight excluding hydrogens is 382 g/mol. The van der Waals surface area contributed by atoms with Crippen LogP contribution >= 0.6 is 0 Å². The number of aryl methyl sites for hydroxylation is 1. The van der Waals surface area contributed by atoms with E-state index in [9.17, 15) is 9.59 Å². The lowest BCUT2D eigenvalue weighted by atomic mass is 10.0. The second-order valence-corrected chi connectivity index (χ2v) is 7.55. The van der Waals surface area contributed by atoms with Gasteiger partial charge in [-0.2, -0.15) is 0 Å². The van der Waals surface area contributed by atoms with Gasteiger partial charge in [-0.3, -0.25) is 9.59 Å². The van der Waals surface area contributed by atoms with Gasteiger partial charge in [0.2, 0.25) is 5.82 Å². The third kappa shape index (κ3) is 3.10. The third-order valence-corrected chi connectivity index (χ3v) is 5.75. The van der Waals surface area contributed by atoms with Gasteiger partial charge >= 0.3 is 0 Å². The van der Waals surface area contributed by atoms with Crippen molar-refractivity contribution in [2.45, 2.75) is 24.8 Å². The summed E-state index contributed by atoms with van der Waals surface area (Å²) in [5.41, 5.74) is 3.18. The largest absolute Gasteiger partial charge is 0.489 e. The number of H-pyrrole nitrogens is 1. The Hall–Kier alpha value is -3.68. The number of amides is 2. The number of aromatic nitrogens is 3. The standard InChI is InChI=1S/C22H21N5O3/c1-27-17-8-4-5-9-18(17)30-12-16(22(27)29)23-21(28)20-24-19(25-26-20)15-11-10-13-6-2-3-7-14(13)15/h2-9,15-16H,10-12H2,1H3,(H,23,28)(H,24,25,26)/t15?,16-/m0/s1. The molecule has 1 aromatic heterocycles. The number of nitrogens with zero attached hydrogens (tertiary/aromatic N) is 3. The van der Waals surface area contributed by atoms with E-state index >= 15 is 0 Å². The average molecular weight is 403 g/mol. The van der Waals surface area contributed by atoms with Crippen LogP contribution < -0.4 is 15.0 Å². The van der Waals surface area contributed by atoms with Crippen molar-refractivity contribution in [1.82, 2.24) is 20.5 Å². The summed E-state index contributed by atoms with van der Waals surface area (Å²) in [7, 11) is 1.67. The van der Waals surface area contributed by atoms with Crippen molar-refractivity contribution in [3.63, 3.8) is 0 Å². The predicted molar refractivity (Wildman–Crippen MR) is 110 cm³/mol. The number of carbonyl (C=O) groups is 2. The van der Waals surface area contributed by atoms with Crippen LogP contribution in [0.15, 0.2) is 48.5 Å². The smallest absolute Gasteiger partial charge is 0.289 e. The quantitative estimate of drug-likeness (QED) is 0.697. The molecule has 1 aliphatic heterocycles. The van der Waals surface area contributed by atoms with Crippen molar-refractivity contribution in [3.05, 3.63) is 71.3 Å². The van der Waals surface area contributed by atoms with Crippen molar-refractivity contribution in [2.24, 2.45) is 0 Å². The molecular formula is C22H21N5O3. The van der Waals surface area contributed by atoms with E-state index in [2.05, 4.69) is 32.6 Å². The van der Waals surface area contributed by atoms with Gasteiger partial charge in [0.05, 0.1) is 5.69 Å². The first-order valence-corrected chi connectivity index (χ1v) is 9.92. The number of likely N-dealkylation sites (N-methyl/N-ethyl adjacent to an activating group) is 1. The van der Waals surface area contributed by atoms with Crippen LogP contribution in [0.3, 0.4) is 0 Å². The molecule has 0 bridgehead atoms. The number of nitrogens with one attached hydrogen (secondary N) is 2. The van der Waals surface area contributed by atoms with Gasteiger partial charge in [-0.25, -0.2) is 0 Å². The molecule has 2 amide bonds. The number of rotatable bonds is 3. The Morgan fingerprint density at radius 3 is 2.87 bits per heavy atom. The molecule has 2 aromatic carbocycles. The SMILES string of the molecule is CN1C(=O)[C@@H](NC(=O)c2nnc(C3CCc4ccccc43)[nH]2)COc2ccccc21. The molecule has 2 N–H and O–H groups in total. The predicted octanol–water partition coefficient (Wildman–Crippen LogP) is 2.04. The first-order valence-electron chi connectivity index (χ1n) is 9.92. The highest BCUT2D eigenvalue weighted by Crippen LogP contribution is 2.36. The maximum atomic E-state index is 12.8. The Balaban J connectivity index is 1.32. The molecule has 152 valence electrons. The normalized spacial score (nSPS) is 20.2. The van der Waals surface area contributed by atoms with Crippen LogP contribution in [0.4, 0.5) is 5.69 Å². The fourth-order valence-electron chi connectivity index (χ4n) is 4.16. The maximum Gasteiger partial charge on any atom is 0.289 e. The first-order chi connectivity index (χ1) is 14.6. The number of anilines is 1. The van der Waals surface area contributed by atoms with Crippen LogP contribution in [-0.4, -0.2) is 46.7 Å². The van der Waals surface area contributed by atoms with Gasteiger partial charge in [0, 0.05) is 13.0 Å². The fraction of sp³-hybridized carbons (Fsp3) is 0.273. The molecule has 8 nitrogen and oxygen atoms in total. The topological polar surface area (TPSA) is 100 Å². The summed E-state index contributed by atoms with van der Waals surface area (Å²) >= 11 is 0. The Kier molecular flexibility index (Phi) is 4.46. The highest BCUT2D eigenvalue weighted by molar-refractivity contribution is 6.02. The molecule has 8 heteroatoms. The van der Waals surface area contributed by atoms with Gasteiger partial charge in [-0.05, 0) is 36.1 Å². The average Bonchev–Trinajstić information content (AvgIpc) is 3.40. The van der Waals surface area contributed by atoms with Crippen LogP contribution in [0, 0.1) is 0 Å². The summed E-state index contributed by atoms with van der Waals surface area (Å²) in [5, 5.41) is 11.0. The van der Waals surface area contributed by atoms with E-state index in [0.717, 1.165) is 12.8 Å². The van der Waals surface area contributed by atoms with Crippen molar-refractivity contribution >= 4 is 17.5 Å². The van der Waals surface area contributed by atoms with E-state index in [4.69, 9.17) is 4.74 Å². The number of aromatic amines is 1. The summed E-state index contributed by atoms with van der Waals surface area (Å²) in [6.07, 6.45) is 1.90. The number of hydrogen-bond donors (Lipinski definition) is 2. The Morgan fingerprint density at radius 2 is 1.97 bits per heavy atom. The van der Waals surface area contributed by atoms with E-state index in [-0.39, 0.29) is 24.3 Å². The van der Waals surface area contributed by atoms with Gasteiger partial charge in [0.25, 0.3) is 11.8 Å². The molecule has 2 atom stereocenters. The van der Waals surface area contributed by atoms with E-state index in [1.807, 2.05) is 24.3 Å². The lowest BCUT2D eigenvalue weighted by Gasteiger charge is -2.19. The minimum absolute atomic E-state index is 0.0446. The molecule has 0 spiro atoms. The molecule has 30 heavy (non-hydrogen) atoms. The lowest BCUT2D eigenvalue weighted by Crippen LogP contribution is -2.49. The molecule has 0 saturated heterocycles. The summed E-state index contributed by atoms with van der Waals surface area (Å²) in [6, 6.07) is 14.7. The molecule has 1 unspecified atom stereocenters. The summed E-state index contributed by atoms with van der Waals surface area (Å²) < 4.78 is 5.74. The fourth-order valence-corrected chi connectivity index (χ4v) is 4.16. The van der Waals surface area contributed by atoms with E-state index in [1.165, 1.54) is 16.0 Å². The summed E-state index contributed by atoms with van der Waals surface area (Å²) in [5.74, 6) is 0.717. The number of carbonyl (C=O) groups excluding carboxylic acids is 2. The molecule has 0 radical (unpaired) electrons. The minimum atomic E-state index is -0.823. The third-order valence-electron chi connectivity index (χ3n) is 5.75. The molecule has 3 aromatic rings. The highest BCUT2D eigenvalue weighted by atomic mass is 16.5. The zero-order chi connectivity index (χ0) is 20.7. The van der Waals surface area contributed by atoms with Gasteiger partial charge in [0.1, 0.15) is 24.2 Å². The van der Waals surface area contributed by atoms with Gasteiger partial charge in [0.15, 0.2) is 0 Å². The zero-order valence-electron chi connectivity index (χ0n) is 16.5. The Morgan fingerprint density at radius 1 is 1.17 bits per heavy atom. The van der Waals surface area contributed by atoms with E-state index in [1.54, 1.807) is 19.2 Å². The van der Waals surface area contributed by atoms with Gasteiger partial charge in [-0.1, -0.05) is 36.4 Å². The minimum Gasteiger partial charge on any atom is -0.489 e. The second kappa shape index (κ2) is 7.29. The van der Waals surface area contributed by atoms with Crippen molar-refractivity contribution < 1.29 is 14.3 Å². The van der Waals surface area contributed by atoms with Crippen molar-refractivity contribution in [2.75, 3.05) is 18.6 Å². The van der Waals surface area contributed by atoms with Crippen LogP contribution in [-0.2, 0) is 11.2 Å². The van der Waals surface area contributed by atoms with Crippen molar-refractivity contribution in [3.8, 4) is 5.75 Å². The number of hydrogen-bond acceptors (Lipinski definition) is 5. The Bertz CT molecular complexity index is 1130. The van der Waals surface area contributed by atoms with Crippen molar-refractivity contribution in [1.29, 1.82) is 0 Å². The first kappa shape index (κ1) is 18.4. The number of ether oxygens (including phenoxy) is 1. The zero-order valence-corrected chi connectivity index (χ0v) is 16.5. The van der Waals surface area contributed by atoms with Crippen LogP contribution in [0.5, 0.6) is 5.75 Å². The van der Waals surface area contributed by atoms with E-state index < -0.39 is 11.9 Å². The molecule has 2 aliphatic rings. The number of fused-ring (bicyclic) bond motifs is 2. The maximum absolute atomic E-state index is 12.8. The molecule has 0 fully saturated rings. The highest BCUT2D eigenvalue weighted by Gasteiger charge is 2.32. The Labute approximate surface area is 173 Å². The van der Waals surface area contributed by atoms with Crippen LogP contribution in [0.2, 0.25) is 0 Å². The number of para-hydroxylation sites is 2. The lowest BCUT2D eigenvalue weighted by molar-refractivity contribution is -0.120. The summed E-state index contributed by atoms with van der Waals surface area (Å²) in [4.78, 5) is 30.1. The molecule has 1 aliphatic carbocycles. The van der Waals surface area contributed by atoms with Gasteiger partial charge < -0.3 is 19.9 Å². The summed E-state index contributed by atoms with van der Waals surface area (Å²) in [6.45, 7) is 0.0446. The number of benzene rings is 2. The molecule has 5 rings (SSSR count). The van der Waals surface area contributed by atoms with Crippen LogP contribution in [0.25, 0.3) is 0 Å². The monoisotopic (exact) mass is 403 g/mol. The molecule has 2 heterocycles. The van der Waals surface area contributed by atoms with Crippen LogP contribution in [0.1, 0.15) is 39.9 Å².